The molecule has 5 rings (SSSR count). The first-order valence-corrected chi connectivity index (χ1v) is 11.8. The van der Waals surface area contributed by atoms with Gasteiger partial charge in [-0.05, 0) is 80.5 Å². The van der Waals surface area contributed by atoms with Crippen molar-refractivity contribution in [1.82, 2.24) is 14.9 Å². The topological polar surface area (TPSA) is 42.3 Å². The molecular weight excluding hydrogens is 440 g/mol. The molecule has 0 bridgehead atoms. The van der Waals surface area contributed by atoms with Gasteiger partial charge in [0, 0.05) is 23.3 Å². The molecule has 1 aliphatic rings. The molecule has 1 N–H and O–H groups in total. The number of thiocarbonyl (C=S) groups is 1. The lowest BCUT2D eigenvalue weighted by Gasteiger charge is -2.29. The van der Waals surface area contributed by atoms with E-state index >= 15 is 0 Å². The van der Waals surface area contributed by atoms with Crippen molar-refractivity contribution in [3.8, 4) is 11.4 Å². The fourth-order valence-corrected chi connectivity index (χ4v) is 5.37. The summed E-state index contributed by atoms with van der Waals surface area (Å²) >= 11 is 5.91. The number of nitrogens with one attached hydrogen (secondary N) is 1. The van der Waals surface area contributed by atoms with Gasteiger partial charge in [0.25, 0.3) is 0 Å². The molecule has 34 heavy (non-hydrogen) atoms. The van der Waals surface area contributed by atoms with Gasteiger partial charge in [0.1, 0.15) is 5.75 Å². The Morgan fingerprint density at radius 3 is 2.32 bits per heavy atom. The van der Waals surface area contributed by atoms with E-state index in [1.54, 1.807) is 7.11 Å². The van der Waals surface area contributed by atoms with Crippen molar-refractivity contribution >= 4 is 23.0 Å². The van der Waals surface area contributed by atoms with E-state index in [1.807, 2.05) is 36.5 Å². The summed E-state index contributed by atoms with van der Waals surface area (Å²) in [5.41, 5.74) is 7.88. The van der Waals surface area contributed by atoms with Gasteiger partial charge in [0.2, 0.25) is 0 Å². The second kappa shape index (κ2) is 8.95. The van der Waals surface area contributed by atoms with E-state index in [0.717, 1.165) is 17.1 Å². The van der Waals surface area contributed by atoms with Crippen molar-refractivity contribution in [3.05, 3.63) is 107 Å². The van der Waals surface area contributed by atoms with Crippen molar-refractivity contribution in [2.75, 3.05) is 12.0 Å². The normalized spacial score (nSPS) is 17.6. The molecular formula is C28H28N4OS. The molecule has 6 heteroatoms. The average molecular weight is 469 g/mol. The molecule has 2 atom stereocenters. The summed E-state index contributed by atoms with van der Waals surface area (Å²) in [6, 6.07) is 24.6. The molecule has 3 heterocycles. The van der Waals surface area contributed by atoms with Gasteiger partial charge < -0.3 is 19.5 Å². The summed E-state index contributed by atoms with van der Waals surface area (Å²) < 4.78 is 8.06. The number of methoxy groups -OCH3 is 1. The summed E-state index contributed by atoms with van der Waals surface area (Å²) in [7, 11) is 1.70. The van der Waals surface area contributed by atoms with Crippen molar-refractivity contribution in [1.29, 1.82) is 0 Å². The third-order valence-corrected chi connectivity index (χ3v) is 6.90. The van der Waals surface area contributed by atoms with Crippen LogP contribution in [0.2, 0.25) is 0 Å². The minimum Gasteiger partial charge on any atom is -0.495 e. The second-order valence-corrected chi connectivity index (χ2v) is 9.00. The lowest BCUT2D eigenvalue weighted by Crippen LogP contribution is -2.30. The van der Waals surface area contributed by atoms with Gasteiger partial charge in [-0.2, -0.15) is 0 Å². The van der Waals surface area contributed by atoms with Crippen LogP contribution in [-0.2, 0) is 0 Å². The van der Waals surface area contributed by atoms with Crippen molar-refractivity contribution in [2.45, 2.75) is 32.9 Å². The second-order valence-electron chi connectivity index (χ2n) is 8.62. The molecule has 0 unspecified atom stereocenters. The predicted octanol–water partition coefficient (Wildman–Crippen LogP) is 5.98. The average Bonchev–Trinajstić information content (AvgIpc) is 3.35. The Balaban J connectivity index is 1.72. The van der Waals surface area contributed by atoms with E-state index in [0.29, 0.717) is 5.11 Å². The minimum absolute atomic E-state index is 0.0948. The Kier molecular flexibility index (Phi) is 5.84. The lowest BCUT2D eigenvalue weighted by molar-refractivity contribution is 0.414. The Bertz CT molecular complexity index is 1350. The maximum absolute atomic E-state index is 5.91. The van der Waals surface area contributed by atoms with Gasteiger partial charge in [-0.25, -0.2) is 0 Å². The maximum Gasteiger partial charge on any atom is 0.174 e. The van der Waals surface area contributed by atoms with Crippen molar-refractivity contribution < 1.29 is 4.74 Å². The van der Waals surface area contributed by atoms with Gasteiger partial charge in [0.05, 0.1) is 30.6 Å². The van der Waals surface area contributed by atoms with Gasteiger partial charge in [0.15, 0.2) is 5.11 Å². The van der Waals surface area contributed by atoms with Gasteiger partial charge in [-0.3, -0.25) is 4.98 Å². The van der Waals surface area contributed by atoms with Crippen LogP contribution in [0.4, 0.5) is 5.69 Å². The number of nitrogens with zero attached hydrogens (tertiary/aromatic N) is 3. The molecule has 4 aromatic rings. The highest BCUT2D eigenvalue weighted by atomic mass is 32.1. The summed E-state index contributed by atoms with van der Waals surface area (Å²) in [6.07, 6.45) is 1.83. The number of aromatic nitrogens is 2. The molecule has 5 nitrogen and oxygen atoms in total. The molecule has 2 aromatic heterocycles. The maximum atomic E-state index is 5.91. The third-order valence-electron chi connectivity index (χ3n) is 6.59. The van der Waals surface area contributed by atoms with E-state index in [-0.39, 0.29) is 12.1 Å². The molecule has 0 radical (unpaired) electrons. The van der Waals surface area contributed by atoms with Gasteiger partial charge in [-0.1, -0.05) is 36.4 Å². The highest BCUT2D eigenvalue weighted by molar-refractivity contribution is 7.80. The number of anilines is 1. The fourth-order valence-electron chi connectivity index (χ4n) is 5.03. The Hall–Kier alpha value is -3.64. The van der Waals surface area contributed by atoms with Gasteiger partial charge >= 0.3 is 0 Å². The van der Waals surface area contributed by atoms with E-state index in [4.69, 9.17) is 17.0 Å². The first kappa shape index (κ1) is 22.2. The zero-order valence-electron chi connectivity index (χ0n) is 19.8. The van der Waals surface area contributed by atoms with E-state index in [9.17, 15) is 0 Å². The van der Waals surface area contributed by atoms with Crippen LogP contribution in [0.15, 0.2) is 79.0 Å². The number of aryl methyl sites for hydroxylation is 2. The summed E-state index contributed by atoms with van der Waals surface area (Å²) in [5.74, 6) is 0.783. The third kappa shape index (κ3) is 3.64. The van der Waals surface area contributed by atoms with Crippen LogP contribution in [-0.4, -0.2) is 21.8 Å². The lowest BCUT2D eigenvalue weighted by atomic mass is 9.96. The number of rotatable bonds is 5. The van der Waals surface area contributed by atoms with E-state index in [1.165, 1.54) is 28.2 Å². The zero-order valence-corrected chi connectivity index (χ0v) is 20.6. The zero-order chi connectivity index (χ0) is 23.8. The Morgan fingerprint density at radius 2 is 1.62 bits per heavy atom. The molecule has 1 aliphatic heterocycles. The number of ether oxygens (including phenoxy) is 1. The van der Waals surface area contributed by atoms with Crippen LogP contribution in [0.5, 0.6) is 5.75 Å². The van der Waals surface area contributed by atoms with Crippen LogP contribution in [0.1, 0.15) is 40.3 Å². The molecule has 1 fully saturated rings. The smallest absolute Gasteiger partial charge is 0.174 e. The molecule has 2 aromatic carbocycles. The van der Waals surface area contributed by atoms with E-state index in [2.05, 4.69) is 83.0 Å². The van der Waals surface area contributed by atoms with Crippen molar-refractivity contribution in [3.63, 3.8) is 0 Å². The van der Waals surface area contributed by atoms with Gasteiger partial charge in [-0.15, -0.1) is 0 Å². The number of pyridine rings is 1. The quantitative estimate of drug-likeness (QED) is 0.365. The van der Waals surface area contributed by atoms with Crippen molar-refractivity contribution in [2.24, 2.45) is 0 Å². The fraction of sp³-hybridized carbons (Fsp3) is 0.214. The van der Waals surface area contributed by atoms with Crippen LogP contribution in [0.3, 0.4) is 0 Å². The monoisotopic (exact) mass is 468 g/mol. The number of hydrogen-bond acceptors (Lipinski definition) is 3. The van der Waals surface area contributed by atoms with Crippen LogP contribution < -0.4 is 15.0 Å². The van der Waals surface area contributed by atoms with Crippen LogP contribution in [0, 0.1) is 20.8 Å². The highest BCUT2D eigenvalue weighted by Gasteiger charge is 2.43. The SMILES string of the molecule is COc1ccccc1N1C(=S)N[C@H](c2ccccn2)[C@H]1c1cc(C)n(-c2ccccc2C)c1C. The molecule has 0 aliphatic carbocycles. The summed E-state index contributed by atoms with van der Waals surface area (Å²) in [6.45, 7) is 6.50. The van der Waals surface area contributed by atoms with Crippen LogP contribution >= 0.6 is 12.2 Å². The Morgan fingerprint density at radius 1 is 0.912 bits per heavy atom. The summed E-state index contributed by atoms with van der Waals surface area (Å²) in [4.78, 5) is 6.86. The molecule has 172 valence electrons. The highest BCUT2D eigenvalue weighted by Crippen LogP contribution is 2.46. The predicted molar refractivity (Wildman–Crippen MR) is 141 cm³/mol. The minimum atomic E-state index is -0.107. The molecule has 0 saturated carbocycles. The number of hydrogen-bond donors (Lipinski definition) is 1. The Labute approximate surface area is 206 Å². The molecule has 1 saturated heterocycles. The number of benzene rings is 2. The molecule has 0 amide bonds. The molecule has 0 spiro atoms. The summed E-state index contributed by atoms with van der Waals surface area (Å²) in [5, 5.41) is 4.21. The van der Waals surface area contributed by atoms with E-state index < -0.39 is 0 Å². The largest absolute Gasteiger partial charge is 0.495 e. The number of para-hydroxylation sites is 3. The standard InChI is InChI=1S/C28H28N4OS/c1-18-11-5-6-13-23(18)31-19(2)17-21(20(31)3)27-26(22-12-9-10-16-29-22)30-28(34)32(27)24-14-7-8-15-25(24)33-4/h5-17,26-27H,1-4H3,(H,30,34)/t26-,27-/m1/s1. The van der Waals surface area contributed by atoms with Crippen LogP contribution in [0.25, 0.3) is 5.69 Å². The first-order valence-electron chi connectivity index (χ1n) is 11.4. The first-order chi connectivity index (χ1) is 16.5.